The minimum Gasteiger partial charge on any atom is -0.384 e. The molecule has 2 heterocycles. The first-order valence-electron chi connectivity index (χ1n) is 5.15. The summed E-state index contributed by atoms with van der Waals surface area (Å²) in [6.07, 6.45) is 3.62. The Kier molecular flexibility index (Phi) is 2.46. The van der Waals surface area contributed by atoms with E-state index in [9.17, 15) is 0 Å². The smallest absolute Gasteiger partial charge is 0.121 e. The van der Waals surface area contributed by atoms with Crippen LogP contribution in [0.25, 0.3) is 0 Å². The van der Waals surface area contributed by atoms with Crippen molar-refractivity contribution in [2.75, 3.05) is 19.3 Å². The monoisotopic (exact) mass is 194 g/mol. The summed E-state index contributed by atoms with van der Waals surface area (Å²) in [4.78, 5) is 2.41. The fraction of sp³-hybridized carbons (Fsp3) is 0.700. The normalized spacial score (nSPS) is 23.1. The van der Waals surface area contributed by atoms with E-state index in [1.165, 1.54) is 19.4 Å². The molecule has 0 aromatic carbocycles. The maximum absolute atomic E-state index is 5.74. The number of hydrogen-bond acceptors (Lipinski definition) is 3. The molecule has 0 spiro atoms. The van der Waals surface area contributed by atoms with Gasteiger partial charge in [-0.2, -0.15) is 5.10 Å². The Balaban J connectivity index is 2.03. The molecule has 78 valence electrons. The molecule has 1 aliphatic rings. The molecule has 1 aliphatic heterocycles. The quantitative estimate of drug-likeness (QED) is 0.751. The van der Waals surface area contributed by atoms with Gasteiger partial charge >= 0.3 is 0 Å². The average molecular weight is 194 g/mol. The predicted octanol–water partition coefficient (Wildman–Crippen LogP) is 0.639. The summed E-state index contributed by atoms with van der Waals surface area (Å²) in [5.41, 5.74) is 6.85. The topological polar surface area (TPSA) is 47.1 Å². The minimum atomic E-state index is 0.657. The van der Waals surface area contributed by atoms with Crippen LogP contribution in [-0.4, -0.2) is 34.3 Å². The Morgan fingerprint density at radius 3 is 2.86 bits per heavy atom. The van der Waals surface area contributed by atoms with Gasteiger partial charge in [0.25, 0.3) is 0 Å². The second-order valence-electron chi connectivity index (χ2n) is 4.16. The van der Waals surface area contributed by atoms with Crippen LogP contribution in [0.2, 0.25) is 0 Å². The van der Waals surface area contributed by atoms with Crippen molar-refractivity contribution in [3.8, 4) is 0 Å². The van der Waals surface area contributed by atoms with Crippen LogP contribution in [-0.2, 0) is 13.5 Å². The lowest BCUT2D eigenvalue weighted by Gasteiger charge is -2.17. The van der Waals surface area contributed by atoms with Gasteiger partial charge in [0.1, 0.15) is 5.82 Å². The highest BCUT2D eigenvalue weighted by molar-refractivity contribution is 5.30. The van der Waals surface area contributed by atoms with Gasteiger partial charge < -0.3 is 10.6 Å². The molecule has 4 heteroatoms. The Morgan fingerprint density at radius 2 is 2.36 bits per heavy atom. The van der Waals surface area contributed by atoms with Gasteiger partial charge in [-0.25, -0.2) is 0 Å². The Hall–Kier alpha value is -1.03. The van der Waals surface area contributed by atoms with E-state index in [2.05, 4.69) is 17.0 Å². The molecule has 0 aliphatic carbocycles. The number of nitrogens with two attached hydrogens (primary N) is 1. The number of nitrogen functional groups attached to an aromatic ring is 1. The van der Waals surface area contributed by atoms with Crippen molar-refractivity contribution < 1.29 is 0 Å². The number of nitrogens with zero attached hydrogens (tertiary/aromatic N) is 3. The number of rotatable bonds is 2. The lowest BCUT2D eigenvalue weighted by atomic mass is 10.1. The van der Waals surface area contributed by atoms with Crippen LogP contribution in [0.1, 0.15) is 18.5 Å². The fourth-order valence-electron chi connectivity index (χ4n) is 2.12. The largest absolute Gasteiger partial charge is 0.384 e. The van der Waals surface area contributed by atoms with E-state index in [0.29, 0.717) is 6.04 Å². The van der Waals surface area contributed by atoms with E-state index in [1.807, 2.05) is 13.1 Å². The van der Waals surface area contributed by atoms with Gasteiger partial charge in [0.15, 0.2) is 0 Å². The summed E-state index contributed by atoms with van der Waals surface area (Å²) in [5, 5.41) is 4.37. The molecular formula is C10H18N4. The highest BCUT2D eigenvalue weighted by Crippen LogP contribution is 2.19. The summed E-state index contributed by atoms with van der Waals surface area (Å²) in [5.74, 6) is 0.751. The van der Waals surface area contributed by atoms with Gasteiger partial charge in [-0.1, -0.05) is 0 Å². The van der Waals surface area contributed by atoms with Gasteiger partial charge in [-0.15, -0.1) is 0 Å². The van der Waals surface area contributed by atoms with E-state index in [1.54, 1.807) is 4.68 Å². The zero-order valence-corrected chi connectivity index (χ0v) is 8.90. The van der Waals surface area contributed by atoms with E-state index < -0.39 is 0 Å². The fourth-order valence-corrected chi connectivity index (χ4v) is 2.12. The Bertz CT molecular complexity index is 298. The molecule has 2 N–H and O–H groups in total. The van der Waals surface area contributed by atoms with Gasteiger partial charge in [-0.3, -0.25) is 4.68 Å². The zero-order chi connectivity index (χ0) is 10.1. The molecular weight excluding hydrogens is 176 g/mol. The van der Waals surface area contributed by atoms with Crippen LogP contribution < -0.4 is 5.73 Å². The number of aromatic nitrogens is 2. The highest BCUT2D eigenvalue weighted by atomic mass is 15.3. The van der Waals surface area contributed by atoms with Crippen molar-refractivity contribution in [3.63, 3.8) is 0 Å². The van der Waals surface area contributed by atoms with Gasteiger partial charge in [0.2, 0.25) is 0 Å². The summed E-state index contributed by atoms with van der Waals surface area (Å²) in [6, 6.07) is 2.64. The van der Waals surface area contributed by atoms with Crippen molar-refractivity contribution >= 4 is 5.82 Å². The summed E-state index contributed by atoms with van der Waals surface area (Å²) in [6.45, 7) is 1.22. The SMILES string of the molecule is CN1CCCC1Cc1cc(N)n(C)n1. The molecule has 0 bridgehead atoms. The molecule has 1 fully saturated rings. The van der Waals surface area contributed by atoms with Crippen molar-refractivity contribution in [2.45, 2.75) is 25.3 Å². The Labute approximate surface area is 84.7 Å². The van der Waals surface area contributed by atoms with Crippen molar-refractivity contribution in [2.24, 2.45) is 7.05 Å². The molecule has 1 unspecified atom stereocenters. The van der Waals surface area contributed by atoms with Gasteiger partial charge in [0.05, 0.1) is 5.69 Å². The number of anilines is 1. The molecule has 14 heavy (non-hydrogen) atoms. The predicted molar refractivity (Wildman–Crippen MR) is 57.0 cm³/mol. The third kappa shape index (κ3) is 1.75. The maximum Gasteiger partial charge on any atom is 0.121 e. The lowest BCUT2D eigenvalue weighted by molar-refractivity contribution is 0.307. The van der Waals surface area contributed by atoms with E-state index in [0.717, 1.165) is 17.9 Å². The second kappa shape index (κ2) is 3.61. The molecule has 0 radical (unpaired) electrons. The number of likely N-dealkylation sites (tertiary alicyclic amines) is 1. The molecule has 1 saturated heterocycles. The van der Waals surface area contributed by atoms with Gasteiger partial charge in [-0.05, 0) is 26.4 Å². The number of aryl methyl sites for hydroxylation is 1. The molecule has 4 nitrogen and oxygen atoms in total. The first-order valence-corrected chi connectivity index (χ1v) is 5.15. The second-order valence-corrected chi connectivity index (χ2v) is 4.16. The van der Waals surface area contributed by atoms with Crippen molar-refractivity contribution in [3.05, 3.63) is 11.8 Å². The molecule has 0 amide bonds. The first-order chi connectivity index (χ1) is 6.66. The third-order valence-corrected chi connectivity index (χ3v) is 3.08. The highest BCUT2D eigenvalue weighted by Gasteiger charge is 2.21. The lowest BCUT2D eigenvalue weighted by Crippen LogP contribution is -2.26. The van der Waals surface area contributed by atoms with Gasteiger partial charge in [0, 0.05) is 25.6 Å². The van der Waals surface area contributed by atoms with E-state index >= 15 is 0 Å². The van der Waals surface area contributed by atoms with E-state index in [4.69, 9.17) is 5.73 Å². The number of hydrogen-bond donors (Lipinski definition) is 1. The summed E-state index contributed by atoms with van der Waals surface area (Å²) in [7, 11) is 4.07. The zero-order valence-electron chi connectivity index (χ0n) is 8.90. The standard InChI is InChI=1S/C10H18N4/c1-13-5-3-4-9(13)6-8-7-10(11)14(2)12-8/h7,9H,3-6,11H2,1-2H3. The molecule has 1 aromatic rings. The van der Waals surface area contributed by atoms with Crippen LogP contribution in [0, 0.1) is 0 Å². The molecule has 0 saturated carbocycles. The molecule has 2 rings (SSSR count). The van der Waals surface area contributed by atoms with Crippen molar-refractivity contribution in [1.82, 2.24) is 14.7 Å². The third-order valence-electron chi connectivity index (χ3n) is 3.08. The number of likely N-dealkylation sites (N-methyl/N-ethyl adjacent to an activating group) is 1. The average Bonchev–Trinajstić information content (AvgIpc) is 2.63. The summed E-state index contributed by atoms with van der Waals surface area (Å²) >= 11 is 0. The first kappa shape index (κ1) is 9.52. The summed E-state index contributed by atoms with van der Waals surface area (Å²) < 4.78 is 1.74. The molecule has 1 aromatic heterocycles. The minimum absolute atomic E-state index is 0.657. The van der Waals surface area contributed by atoms with Crippen LogP contribution in [0.5, 0.6) is 0 Å². The van der Waals surface area contributed by atoms with Crippen LogP contribution >= 0.6 is 0 Å². The van der Waals surface area contributed by atoms with Crippen LogP contribution in [0.15, 0.2) is 6.07 Å². The van der Waals surface area contributed by atoms with Crippen molar-refractivity contribution in [1.29, 1.82) is 0 Å². The Morgan fingerprint density at radius 1 is 1.57 bits per heavy atom. The van der Waals surface area contributed by atoms with Crippen LogP contribution in [0.3, 0.4) is 0 Å². The van der Waals surface area contributed by atoms with Crippen LogP contribution in [0.4, 0.5) is 5.82 Å². The maximum atomic E-state index is 5.74. The van der Waals surface area contributed by atoms with E-state index in [-0.39, 0.29) is 0 Å². The molecule has 1 atom stereocenters.